The summed E-state index contributed by atoms with van der Waals surface area (Å²) in [4.78, 5) is 1.24. The number of benzene rings is 1. The molecule has 0 spiro atoms. The van der Waals surface area contributed by atoms with Crippen LogP contribution in [0.2, 0.25) is 0 Å². The largest absolute Gasteiger partial charge is 0.307 e. The van der Waals surface area contributed by atoms with Gasteiger partial charge in [-0.3, -0.25) is 0 Å². The molecular formula is C20H32OS. The van der Waals surface area contributed by atoms with Gasteiger partial charge >= 0.3 is 0 Å². The molecule has 2 rings (SSSR count). The van der Waals surface area contributed by atoms with Gasteiger partial charge in [0.25, 0.3) is 0 Å². The van der Waals surface area contributed by atoms with Crippen molar-refractivity contribution in [3.05, 3.63) is 29.8 Å². The summed E-state index contributed by atoms with van der Waals surface area (Å²) in [6.07, 6.45) is 8.23. The van der Waals surface area contributed by atoms with Gasteiger partial charge in [0.1, 0.15) is 0 Å². The molecule has 0 saturated heterocycles. The Morgan fingerprint density at radius 1 is 1.00 bits per heavy atom. The fourth-order valence-corrected chi connectivity index (χ4v) is 4.04. The Balaban J connectivity index is 1.90. The van der Waals surface area contributed by atoms with Gasteiger partial charge < -0.3 is 4.18 Å². The van der Waals surface area contributed by atoms with Gasteiger partial charge in [0.2, 0.25) is 0 Å². The molecule has 0 heterocycles. The lowest BCUT2D eigenvalue weighted by Gasteiger charge is -2.24. The molecule has 0 aliphatic heterocycles. The van der Waals surface area contributed by atoms with Gasteiger partial charge in [-0.2, -0.15) is 0 Å². The van der Waals surface area contributed by atoms with Crippen molar-refractivity contribution < 1.29 is 4.18 Å². The van der Waals surface area contributed by atoms with Crippen LogP contribution in [0.4, 0.5) is 0 Å². The maximum atomic E-state index is 6.00. The number of hydrogen-bond acceptors (Lipinski definition) is 2. The lowest BCUT2D eigenvalue weighted by atomic mass is 9.82. The summed E-state index contributed by atoms with van der Waals surface area (Å²) in [7, 11) is 0. The van der Waals surface area contributed by atoms with E-state index in [2.05, 4.69) is 52.0 Å². The van der Waals surface area contributed by atoms with E-state index in [1.54, 1.807) is 12.0 Å². The zero-order valence-electron chi connectivity index (χ0n) is 14.7. The molecule has 1 saturated carbocycles. The zero-order valence-corrected chi connectivity index (χ0v) is 15.5. The van der Waals surface area contributed by atoms with Crippen molar-refractivity contribution in [3.63, 3.8) is 0 Å². The summed E-state index contributed by atoms with van der Waals surface area (Å²) < 4.78 is 6.00. The van der Waals surface area contributed by atoms with Crippen molar-refractivity contribution in [2.24, 2.45) is 11.8 Å². The zero-order chi connectivity index (χ0) is 15.9. The third kappa shape index (κ3) is 5.62. The minimum Gasteiger partial charge on any atom is -0.307 e. The fraction of sp³-hybridized carbons (Fsp3) is 0.700. The molecule has 0 radical (unpaired) electrons. The van der Waals surface area contributed by atoms with Crippen molar-refractivity contribution in [2.75, 3.05) is 0 Å². The summed E-state index contributed by atoms with van der Waals surface area (Å²) in [5.74, 6) is 2.11. The monoisotopic (exact) mass is 320 g/mol. The molecule has 1 aliphatic rings. The summed E-state index contributed by atoms with van der Waals surface area (Å²) in [6, 6.07) is 9.08. The molecular weight excluding hydrogens is 288 g/mol. The first kappa shape index (κ1) is 17.9. The molecule has 1 aliphatic carbocycles. The number of rotatable bonds is 7. The Hall–Kier alpha value is -0.470. The van der Waals surface area contributed by atoms with Crippen molar-refractivity contribution in [1.82, 2.24) is 0 Å². The minimum atomic E-state index is 0.461. The smallest absolute Gasteiger partial charge is 0.0727 e. The molecule has 0 aromatic heterocycles. The Kier molecular flexibility index (Phi) is 7.30. The summed E-state index contributed by atoms with van der Waals surface area (Å²) in [5.41, 5.74) is 1.48. The highest BCUT2D eigenvalue weighted by molar-refractivity contribution is 7.94. The third-order valence-electron chi connectivity index (χ3n) is 4.67. The van der Waals surface area contributed by atoms with E-state index < -0.39 is 0 Å². The lowest BCUT2D eigenvalue weighted by Crippen LogP contribution is -2.13. The molecule has 124 valence electrons. The van der Waals surface area contributed by atoms with Gasteiger partial charge in [0.15, 0.2) is 0 Å². The first-order valence-corrected chi connectivity index (χ1v) is 9.73. The Labute approximate surface area is 141 Å². The van der Waals surface area contributed by atoms with Crippen LogP contribution >= 0.6 is 12.0 Å². The maximum absolute atomic E-state index is 6.00. The van der Waals surface area contributed by atoms with Gasteiger partial charge in [0, 0.05) is 16.9 Å². The predicted octanol–water partition coefficient (Wildman–Crippen LogP) is 6.83. The Morgan fingerprint density at radius 3 is 2.18 bits per heavy atom. The molecule has 1 fully saturated rings. The summed E-state index contributed by atoms with van der Waals surface area (Å²) in [5, 5.41) is 0. The molecule has 1 unspecified atom stereocenters. The van der Waals surface area contributed by atoms with E-state index in [-0.39, 0.29) is 0 Å². The SMILES string of the molecule is CC(C)CC(c1ccc(SOC2CCCCC2)cc1)C(C)C. The van der Waals surface area contributed by atoms with Crippen LogP contribution in [0.5, 0.6) is 0 Å². The average Bonchev–Trinajstić information content (AvgIpc) is 2.52. The van der Waals surface area contributed by atoms with Gasteiger partial charge in [-0.25, -0.2) is 0 Å². The third-order valence-corrected chi connectivity index (χ3v) is 5.50. The molecule has 1 atom stereocenters. The second kappa shape index (κ2) is 8.98. The van der Waals surface area contributed by atoms with E-state index in [1.165, 1.54) is 49.0 Å². The van der Waals surface area contributed by atoms with Gasteiger partial charge in [-0.05, 0) is 54.7 Å². The molecule has 2 heteroatoms. The van der Waals surface area contributed by atoms with Crippen LogP contribution in [-0.4, -0.2) is 6.10 Å². The normalized spacial score (nSPS) is 18.1. The van der Waals surface area contributed by atoms with Crippen molar-refractivity contribution in [1.29, 1.82) is 0 Å². The van der Waals surface area contributed by atoms with Crippen LogP contribution in [0.1, 0.15) is 77.7 Å². The standard InChI is InChI=1S/C20H32OS/c1-15(2)14-20(16(3)4)17-10-12-19(13-11-17)22-21-18-8-6-5-7-9-18/h10-13,15-16,18,20H,5-9,14H2,1-4H3. The van der Waals surface area contributed by atoms with Crippen LogP contribution in [0, 0.1) is 11.8 Å². The van der Waals surface area contributed by atoms with Crippen LogP contribution < -0.4 is 0 Å². The van der Waals surface area contributed by atoms with Gasteiger partial charge in [0.05, 0.1) is 6.10 Å². The summed E-state index contributed by atoms with van der Waals surface area (Å²) >= 11 is 1.57. The molecule has 0 N–H and O–H groups in total. The number of hydrogen-bond donors (Lipinski definition) is 0. The predicted molar refractivity (Wildman–Crippen MR) is 97.3 cm³/mol. The molecule has 0 bridgehead atoms. The van der Waals surface area contributed by atoms with Crippen LogP contribution in [0.25, 0.3) is 0 Å². The quantitative estimate of drug-likeness (QED) is 0.509. The van der Waals surface area contributed by atoms with Crippen molar-refractivity contribution in [3.8, 4) is 0 Å². The lowest BCUT2D eigenvalue weighted by molar-refractivity contribution is 0.185. The summed E-state index contributed by atoms with van der Waals surface area (Å²) in [6.45, 7) is 9.30. The van der Waals surface area contributed by atoms with Crippen molar-refractivity contribution in [2.45, 2.75) is 83.1 Å². The van der Waals surface area contributed by atoms with E-state index in [0.29, 0.717) is 17.9 Å². The van der Waals surface area contributed by atoms with Crippen LogP contribution in [-0.2, 0) is 4.18 Å². The first-order chi connectivity index (χ1) is 10.6. The highest BCUT2D eigenvalue weighted by Crippen LogP contribution is 2.33. The first-order valence-electron chi connectivity index (χ1n) is 8.99. The second-order valence-electron chi connectivity index (χ2n) is 7.49. The van der Waals surface area contributed by atoms with Gasteiger partial charge in [-0.15, -0.1) is 0 Å². The average molecular weight is 321 g/mol. The molecule has 0 amide bonds. The highest BCUT2D eigenvalue weighted by atomic mass is 32.2. The van der Waals surface area contributed by atoms with E-state index >= 15 is 0 Å². The van der Waals surface area contributed by atoms with E-state index in [0.717, 1.165) is 5.92 Å². The Bertz CT molecular complexity index is 418. The Morgan fingerprint density at radius 2 is 1.64 bits per heavy atom. The molecule has 1 aromatic carbocycles. The maximum Gasteiger partial charge on any atom is 0.0727 e. The second-order valence-corrected chi connectivity index (χ2v) is 8.32. The van der Waals surface area contributed by atoms with Gasteiger partial charge in [-0.1, -0.05) is 59.1 Å². The van der Waals surface area contributed by atoms with Crippen molar-refractivity contribution >= 4 is 12.0 Å². The van der Waals surface area contributed by atoms with Crippen LogP contribution in [0.15, 0.2) is 29.2 Å². The van der Waals surface area contributed by atoms with Crippen LogP contribution in [0.3, 0.4) is 0 Å². The molecule has 22 heavy (non-hydrogen) atoms. The van der Waals surface area contributed by atoms with E-state index in [9.17, 15) is 0 Å². The van der Waals surface area contributed by atoms with E-state index in [4.69, 9.17) is 4.18 Å². The fourth-order valence-electron chi connectivity index (χ4n) is 3.36. The topological polar surface area (TPSA) is 9.23 Å². The molecule has 1 nitrogen and oxygen atoms in total. The highest BCUT2D eigenvalue weighted by Gasteiger charge is 2.18. The molecule has 1 aromatic rings. The van der Waals surface area contributed by atoms with E-state index in [1.807, 2.05) is 0 Å². The minimum absolute atomic E-state index is 0.461.